The maximum atomic E-state index is 12.8. The lowest BCUT2D eigenvalue weighted by Crippen LogP contribution is -2.27. The third-order valence-electron chi connectivity index (χ3n) is 4.93. The van der Waals surface area contributed by atoms with Gasteiger partial charge in [-0.2, -0.15) is 0 Å². The Morgan fingerprint density at radius 3 is 2.93 bits per heavy atom. The fraction of sp³-hybridized carbons (Fsp3) is 0.227. The molecule has 0 radical (unpaired) electrons. The van der Waals surface area contributed by atoms with Crippen LogP contribution in [0.15, 0.2) is 53.6 Å². The van der Waals surface area contributed by atoms with Crippen molar-refractivity contribution in [3.8, 4) is 5.75 Å². The number of methoxy groups -OCH3 is 1. The van der Waals surface area contributed by atoms with Gasteiger partial charge in [0, 0.05) is 30.4 Å². The summed E-state index contributed by atoms with van der Waals surface area (Å²) in [5.41, 5.74) is 3.88. The number of benzene rings is 2. The number of rotatable bonds is 6. The quantitative estimate of drug-likeness (QED) is 0.530. The van der Waals surface area contributed by atoms with Crippen LogP contribution in [-0.2, 0) is 17.9 Å². The van der Waals surface area contributed by atoms with Crippen molar-refractivity contribution >= 4 is 27.8 Å². The van der Waals surface area contributed by atoms with Gasteiger partial charge >= 0.3 is 0 Å². The Bertz CT molecular complexity index is 1260. The van der Waals surface area contributed by atoms with Crippen LogP contribution in [0.3, 0.4) is 0 Å². The molecule has 29 heavy (non-hydrogen) atoms. The maximum Gasteiger partial charge on any atom is 0.277 e. The van der Waals surface area contributed by atoms with Crippen LogP contribution in [0, 0.1) is 6.92 Å². The fourth-order valence-corrected chi connectivity index (χ4v) is 3.36. The number of aromatic amines is 1. The van der Waals surface area contributed by atoms with Crippen molar-refractivity contribution in [2.24, 2.45) is 0 Å². The molecule has 0 unspecified atom stereocenters. The minimum Gasteiger partial charge on any atom is -0.497 e. The number of hydrogen-bond donors (Lipinski definition) is 2. The molecule has 148 valence electrons. The largest absolute Gasteiger partial charge is 0.497 e. The molecule has 0 atom stereocenters. The lowest BCUT2D eigenvalue weighted by atomic mass is 10.2. The van der Waals surface area contributed by atoms with Gasteiger partial charge < -0.3 is 15.0 Å². The summed E-state index contributed by atoms with van der Waals surface area (Å²) in [5, 5.41) is 3.80. The van der Waals surface area contributed by atoms with E-state index in [1.807, 2.05) is 49.4 Å². The molecule has 1 amide bonds. The second-order valence-corrected chi connectivity index (χ2v) is 7.02. The summed E-state index contributed by atoms with van der Waals surface area (Å²) in [6.45, 7) is 2.67. The summed E-state index contributed by atoms with van der Waals surface area (Å²) >= 11 is 0. The first-order valence-electron chi connectivity index (χ1n) is 9.42. The highest BCUT2D eigenvalue weighted by Crippen LogP contribution is 2.22. The van der Waals surface area contributed by atoms with Crippen molar-refractivity contribution in [3.63, 3.8) is 0 Å². The van der Waals surface area contributed by atoms with E-state index in [2.05, 4.69) is 15.3 Å². The molecule has 0 aliphatic rings. The highest BCUT2D eigenvalue weighted by molar-refractivity contribution is 6.04. The van der Waals surface area contributed by atoms with Crippen LogP contribution in [0.2, 0.25) is 0 Å². The van der Waals surface area contributed by atoms with E-state index in [0.717, 1.165) is 27.8 Å². The van der Waals surface area contributed by atoms with Crippen LogP contribution < -0.4 is 15.6 Å². The predicted molar refractivity (Wildman–Crippen MR) is 112 cm³/mol. The van der Waals surface area contributed by atoms with Gasteiger partial charge in [-0.25, -0.2) is 4.98 Å². The Labute approximate surface area is 167 Å². The van der Waals surface area contributed by atoms with Crippen molar-refractivity contribution in [1.82, 2.24) is 19.9 Å². The number of fused-ring (bicyclic) bond motifs is 3. The Balaban J connectivity index is 1.45. The molecular weight excluding hydrogens is 368 g/mol. The molecule has 4 aromatic rings. The molecule has 0 fully saturated rings. The Kier molecular flexibility index (Phi) is 5.03. The third kappa shape index (κ3) is 3.85. The van der Waals surface area contributed by atoms with Gasteiger partial charge in [0.25, 0.3) is 5.56 Å². The summed E-state index contributed by atoms with van der Waals surface area (Å²) in [5.74, 6) is 0.614. The minimum absolute atomic E-state index is 0.132. The monoisotopic (exact) mass is 390 g/mol. The summed E-state index contributed by atoms with van der Waals surface area (Å²) in [4.78, 5) is 32.6. The average molecular weight is 390 g/mol. The van der Waals surface area contributed by atoms with Gasteiger partial charge in [-0.15, -0.1) is 0 Å². The van der Waals surface area contributed by atoms with E-state index in [1.54, 1.807) is 7.11 Å². The van der Waals surface area contributed by atoms with Gasteiger partial charge in [-0.3, -0.25) is 14.2 Å². The molecule has 2 N–H and O–H groups in total. The SMILES string of the molecule is COc1cccc(CNC(=O)CCn2cnc3c([nH]c4ccc(C)cc43)c2=O)c1. The molecule has 2 aromatic carbocycles. The van der Waals surface area contributed by atoms with Crippen LogP contribution in [-0.4, -0.2) is 27.6 Å². The fourth-order valence-electron chi connectivity index (χ4n) is 3.36. The van der Waals surface area contributed by atoms with Gasteiger partial charge in [0.15, 0.2) is 0 Å². The predicted octanol–water partition coefficient (Wildman–Crippen LogP) is 2.90. The molecule has 7 heteroatoms. The Morgan fingerprint density at radius 2 is 2.10 bits per heavy atom. The highest BCUT2D eigenvalue weighted by atomic mass is 16.5. The van der Waals surface area contributed by atoms with Crippen molar-refractivity contribution in [2.45, 2.75) is 26.4 Å². The summed E-state index contributed by atoms with van der Waals surface area (Å²) in [6, 6.07) is 13.5. The zero-order valence-electron chi connectivity index (χ0n) is 16.4. The molecular formula is C22H22N4O3. The number of carbonyl (C=O) groups is 1. The number of H-pyrrole nitrogens is 1. The highest BCUT2D eigenvalue weighted by Gasteiger charge is 2.12. The lowest BCUT2D eigenvalue weighted by molar-refractivity contribution is -0.121. The molecule has 2 heterocycles. The lowest BCUT2D eigenvalue weighted by Gasteiger charge is -2.08. The first-order valence-corrected chi connectivity index (χ1v) is 9.42. The smallest absolute Gasteiger partial charge is 0.277 e. The van der Waals surface area contributed by atoms with Gasteiger partial charge in [0.05, 0.1) is 13.4 Å². The van der Waals surface area contributed by atoms with Gasteiger partial charge in [0.1, 0.15) is 16.8 Å². The average Bonchev–Trinajstić information content (AvgIpc) is 3.10. The minimum atomic E-state index is -0.176. The van der Waals surface area contributed by atoms with Gasteiger partial charge in [-0.1, -0.05) is 23.8 Å². The zero-order chi connectivity index (χ0) is 20.4. The van der Waals surface area contributed by atoms with Crippen LogP contribution >= 0.6 is 0 Å². The number of carbonyl (C=O) groups excluding carboxylic acids is 1. The molecule has 0 bridgehead atoms. The normalized spacial score (nSPS) is 11.1. The first kappa shape index (κ1) is 18.7. The Hall–Kier alpha value is -3.61. The third-order valence-corrected chi connectivity index (χ3v) is 4.93. The van der Waals surface area contributed by atoms with E-state index in [-0.39, 0.29) is 24.4 Å². The van der Waals surface area contributed by atoms with Crippen molar-refractivity contribution < 1.29 is 9.53 Å². The number of nitrogens with one attached hydrogen (secondary N) is 2. The molecule has 7 nitrogen and oxygen atoms in total. The van der Waals surface area contributed by atoms with Crippen LogP contribution in [0.4, 0.5) is 0 Å². The van der Waals surface area contributed by atoms with Gasteiger partial charge in [-0.05, 0) is 36.8 Å². The van der Waals surface area contributed by atoms with E-state index >= 15 is 0 Å². The van der Waals surface area contributed by atoms with E-state index in [9.17, 15) is 9.59 Å². The number of ether oxygens (including phenoxy) is 1. The number of aryl methyl sites for hydroxylation is 2. The van der Waals surface area contributed by atoms with Crippen LogP contribution in [0.1, 0.15) is 17.5 Å². The molecule has 0 spiro atoms. The maximum absolute atomic E-state index is 12.8. The summed E-state index contributed by atoms with van der Waals surface area (Å²) < 4.78 is 6.65. The Morgan fingerprint density at radius 1 is 1.24 bits per heavy atom. The molecule has 0 aliphatic carbocycles. The van der Waals surface area contributed by atoms with E-state index in [0.29, 0.717) is 17.6 Å². The summed E-state index contributed by atoms with van der Waals surface area (Å²) in [7, 11) is 1.61. The number of nitrogens with zero attached hydrogens (tertiary/aromatic N) is 2. The van der Waals surface area contributed by atoms with Crippen molar-refractivity contribution in [2.75, 3.05) is 7.11 Å². The molecule has 4 rings (SSSR count). The second-order valence-electron chi connectivity index (χ2n) is 7.02. The number of aromatic nitrogens is 3. The van der Waals surface area contributed by atoms with Crippen LogP contribution in [0.5, 0.6) is 5.75 Å². The van der Waals surface area contributed by atoms with E-state index in [1.165, 1.54) is 10.9 Å². The topological polar surface area (TPSA) is 89.0 Å². The molecule has 0 saturated carbocycles. The van der Waals surface area contributed by atoms with E-state index < -0.39 is 0 Å². The molecule has 0 aliphatic heterocycles. The molecule has 0 saturated heterocycles. The summed E-state index contributed by atoms with van der Waals surface area (Å²) in [6.07, 6.45) is 1.70. The standard InChI is InChI=1S/C22H22N4O3/c1-14-6-7-18-17(10-14)20-21(25-18)22(28)26(13-24-20)9-8-19(27)23-12-15-4-3-5-16(11-15)29-2/h3-7,10-11,13,25H,8-9,12H2,1-2H3,(H,23,27). The van der Waals surface area contributed by atoms with Gasteiger partial charge in [0.2, 0.25) is 5.91 Å². The van der Waals surface area contributed by atoms with E-state index in [4.69, 9.17) is 4.74 Å². The number of hydrogen-bond acceptors (Lipinski definition) is 4. The molecule has 2 aromatic heterocycles. The zero-order valence-corrected chi connectivity index (χ0v) is 16.4. The van der Waals surface area contributed by atoms with Crippen LogP contribution in [0.25, 0.3) is 21.9 Å². The number of amides is 1. The first-order chi connectivity index (χ1) is 14.0. The van der Waals surface area contributed by atoms with Crippen molar-refractivity contribution in [1.29, 1.82) is 0 Å². The second kappa shape index (κ2) is 7.79. The van der Waals surface area contributed by atoms with Crippen molar-refractivity contribution in [3.05, 3.63) is 70.3 Å².